The third-order valence-corrected chi connectivity index (χ3v) is 2.08. The van der Waals surface area contributed by atoms with Crippen LogP contribution in [0.4, 0.5) is 23.2 Å². The minimum absolute atomic E-state index is 0.366. The average Bonchev–Trinajstić information content (AvgIpc) is 2.37. The highest BCUT2D eigenvalue weighted by Crippen LogP contribution is 2.31. The Labute approximate surface area is 110 Å². The summed E-state index contributed by atoms with van der Waals surface area (Å²) in [4.78, 5) is 22.3. The van der Waals surface area contributed by atoms with Gasteiger partial charge in [0, 0.05) is 0 Å². The lowest BCUT2D eigenvalue weighted by molar-refractivity contribution is -0.137. The number of alkyl halides is 3. The van der Waals surface area contributed by atoms with Crippen LogP contribution in [0.5, 0.6) is 0 Å². The minimum atomic E-state index is -4.71. The molecule has 0 aliphatic carbocycles. The number of amides is 2. The number of nitriles is 1. The number of nitrogens with zero attached hydrogens (tertiary/aromatic N) is 1. The Morgan fingerprint density at radius 1 is 1.25 bits per heavy atom. The lowest BCUT2D eigenvalue weighted by Crippen LogP contribution is -2.35. The van der Waals surface area contributed by atoms with Crippen molar-refractivity contribution in [1.82, 2.24) is 5.32 Å². The molecule has 0 fully saturated rings. The van der Waals surface area contributed by atoms with Gasteiger partial charge in [0.05, 0.1) is 17.3 Å². The van der Waals surface area contributed by atoms with Gasteiger partial charge in [-0.3, -0.25) is 9.59 Å². The molecule has 0 aromatic heterocycles. The SMILES string of the molecule is N#CCNC(=O)C(=O)Nc1cc(C(F)(F)F)ccc1F. The Bertz CT molecular complexity index is 578. The molecule has 0 bridgehead atoms. The molecule has 0 aliphatic heterocycles. The normalized spacial score (nSPS) is 10.6. The summed E-state index contributed by atoms with van der Waals surface area (Å²) in [7, 11) is 0. The monoisotopic (exact) mass is 289 g/mol. The molecular formula is C11H7F4N3O2. The Morgan fingerprint density at radius 3 is 2.45 bits per heavy atom. The second-order valence-corrected chi connectivity index (χ2v) is 3.49. The fourth-order valence-electron chi connectivity index (χ4n) is 1.18. The molecule has 0 radical (unpaired) electrons. The number of halogens is 4. The number of rotatable bonds is 2. The molecular weight excluding hydrogens is 282 g/mol. The van der Waals surface area contributed by atoms with E-state index in [1.807, 2.05) is 5.32 Å². The first-order valence-electron chi connectivity index (χ1n) is 5.08. The van der Waals surface area contributed by atoms with Crippen LogP contribution in [0.25, 0.3) is 0 Å². The Balaban J connectivity index is 2.90. The van der Waals surface area contributed by atoms with E-state index in [2.05, 4.69) is 0 Å². The summed E-state index contributed by atoms with van der Waals surface area (Å²) in [6.07, 6.45) is -4.71. The molecule has 106 valence electrons. The van der Waals surface area contributed by atoms with Gasteiger partial charge in [0.2, 0.25) is 0 Å². The summed E-state index contributed by atoms with van der Waals surface area (Å²) in [6.45, 7) is -0.461. The van der Waals surface area contributed by atoms with Crippen LogP contribution in [0.3, 0.4) is 0 Å². The molecule has 0 saturated heterocycles. The number of hydrogen-bond acceptors (Lipinski definition) is 3. The fourth-order valence-corrected chi connectivity index (χ4v) is 1.18. The topological polar surface area (TPSA) is 82.0 Å². The van der Waals surface area contributed by atoms with Crippen molar-refractivity contribution in [3.05, 3.63) is 29.6 Å². The van der Waals surface area contributed by atoms with Crippen LogP contribution in [0.1, 0.15) is 5.56 Å². The fraction of sp³-hybridized carbons (Fsp3) is 0.182. The van der Waals surface area contributed by atoms with Crippen LogP contribution in [0.2, 0.25) is 0 Å². The zero-order valence-corrected chi connectivity index (χ0v) is 9.71. The van der Waals surface area contributed by atoms with Gasteiger partial charge in [-0.2, -0.15) is 18.4 Å². The minimum Gasteiger partial charge on any atom is -0.335 e. The first-order chi connectivity index (χ1) is 9.25. The van der Waals surface area contributed by atoms with Crippen molar-refractivity contribution in [3.8, 4) is 6.07 Å². The smallest absolute Gasteiger partial charge is 0.335 e. The average molecular weight is 289 g/mol. The molecule has 0 unspecified atom stereocenters. The van der Waals surface area contributed by atoms with Crippen molar-refractivity contribution in [2.75, 3.05) is 11.9 Å². The molecule has 0 saturated carbocycles. The predicted molar refractivity (Wildman–Crippen MR) is 58.7 cm³/mol. The van der Waals surface area contributed by atoms with Crippen molar-refractivity contribution in [2.24, 2.45) is 0 Å². The lowest BCUT2D eigenvalue weighted by Gasteiger charge is -2.10. The number of carbonyl (C=O) groups is 2. The summed E-state index contributed by atoms with van der Waals surface area (Å²) in [5, 5.41) is 11.7. The van der Waals surface area contributed by atoms with E-state index in [9.17, 15) is 27.2 Å². The first kappa shape index (κ1) is 15.4. The number of benzene rings is 1. The molecule has 0 spiro atoms. The van der Waals surface area contributed by atoms with E-state index in [0.717, 1.165) is 0 Å². The van der Waals surface area contributed by atoms with Crippen LogP contribution in [-0.4, -0.2) is 18.4 Å². The van der Waals surface area contributed by atoms with Gasteiger partial charge in [-0.1, -0.05) is 0 Å². The summed E-state index contributed by atoms with van der Waals surface area (Å²) in [6, 6.07) is 2.91. The highest BCUT2D eigenvalue weighted by Gasteiger charge is 2.31. The molecule has 1 rings (SSSR count). The van der Waals surface area contributed by atoms with E-state index in [1.165, 1.54) is 6.07 Å². The Kier molecular flexibility index (Phi) is 4.63. The molecule has 2 amide bonds. The number of carbonyl (C=O) groups excluding carboxylic acids is 2. The summed E-state index contributed by atoms with van der Waals surface area (Å²) >= 11 is 0. The third kappa shape index (κ3) is 3.94. The molecule has 5 nitrogen and oxygen atoms in total. The molecule has 1 aromatic carbocycles. The van der Waals surface area contributed by atoms with Gasteiger partial charge in [0.15, 0.2) is 0 Å². The second kappa shape index (κ2) is 6.01. The Morgan fingerprint density at radius 2 is 1.90 bits per heavy atom. The quantitative estimate of drug-likeness (QED) is 0.491. The van der Waals surface area contributed by atoms with Gasteiger partial charge in [0.1, 0.15) is 12.4 Å². The second-order valence-electron chi connectivity index (χ2n) is 3.49. The third-order valence-electron chi connectivity index (χ3n) is 2.08. The standard InChI is InChI=1S/C11H7F4N3O2/c12-7-2-1-6(11(13,14)15)5-8(7)18-10(20)9(19)17-4-3-16/h1-2,5H,4H2,(H,17,19)(H,18,20). The van der Waals surface area contributed by atoms with Gasteiger partial charge in [-0.15, -0.1) is 0 Å². The highest BCUT2D eigenvalue weighted by molar-refractivity contribution is 6.39. The van der Waals surface area contributed by atoms with Crippen LogP contribution in [0.15, 0.2) is 18.2 Å². The van der Waals surface area contributed by atoms with Gasteiger partial charge in [-0.05, 0) is 18.2 Å². The van der Waals surface area contributed by atoms with Crippen molar-refractivity contribution in [1.29, 1.82) is 5.26 Å². The number of hydrogen-bond donors (Lipinski definition) is 2. The Hall–Kier alpha value is -2.63. The van der Waals surface area contributed by atoms with E-state index in [4.69, 9.17) is 5.26 Å². The van der Waals surface area contributed by atoms with E-state index < -0.39 is 41.6 Å². The van der Waals surface area contributed by atoms with Crippen molar-refractivity contribution >= 4 is 17.5 Å². The predicted octanol–water partition coefficient (Wildman–Crippen LogP) is 1.42. The van der Waals surface area contributed by atoms with E-state index in [-0.39, 0.29) is 0 Å². The molecule has 9 heteroatoms. The number of nitrogens with one attached hydrogen (secondary N) is 2. The van der Waals surface area contributed by atoms with Crippen LogP contribution >= 0.6 is 0 Å². The van der Waals surface area contributed by atoms with Gasteiger partial charge in [0.25, 0.3) is 0 Å². The summed E-state index contributed by atoms with van der Waals surface area (Å²) in [5.74, 6) is -3.76. The molecule has 0 aliphatic rings. The van der Waals surface area contributed by atoms with Crippen molar-refractivity contribution in [3.63, 3.8) is 0 Å². The van der Waals surface area contributed by atoms with Gasteiger partial charge in [-0.25, -0.2) is 4.39 Å². The maximum Gasteiger partial charge on any atom is 0.416 e. The lowest BCUT2D eigenvalue weighted by atomic mass is 10.2. The first-order valence-corrected chi connectivity index (χ1v) is 5.08. The molecule has 1 aromatic rings. The molecule has 20 heavy (non-hydrogen) atoms. The maximum absolute atomic E-state index is 13.3. The summed E-state index contributed by atoms with van der Waals surface area (Å²) in [5.41, 5.74) is -1.96. The number of anilines is 1. The van der Waals surface area contributed by atoms with Crippen LogP contribution in [0, 0.1) is 17.1 Å². The zero-order chi connectivity index (χ0) is 15.3. The zero-order valence-electron chi connectivity index (χ0n) is 9.71. The van der Waals surface area contributed by atoms with Crippen LogP contribution in [-0.2, 0) is 15.8 Å². The van der Waals surface area contributed by atoms with E-state index >= 15 is 0 Å². The largest absolute Gasteiger partial charge is 0.416 e. The van der Waals surface area contributed by atoms with Gasteiger partial charge >= 0.3 is 18.0 Å². The summed E-state index contributed by atoms with van der Waals surface area (Å²) < 4.78 is 50.5. The molecule has 0 atom stereocenters. The molecule has 0 heterocycles. The highest BCUT2D eigenvalue weighted by atomic mass is 19.4. The molecule has 2 N–H and O–H groups in total. The van der Waals surface area contributed by atoms with Gasteiger partial charge < -0.3 is 10.6 Å². The maximum atomic E-state index is 13.3. The van der Waals surface area contributed by atoms with E-state index in [0.29, 0.717) is 18.2 Å². The van der Waals surface area contributed by atoms with E-state index in [1.54, 1.807) is 5.32 Å². The van der Waals surface area contributed by atoms with Crippen molar-refractivity contribution in [2.45, 2.75) is 6.18 Å². The van der Waals surface area contributed by atoms with Crippen molar-refractivity contribution < 1.29 is 27.2 Å². The van der Waals surface area contributed by atoms with Crippen LogP contribution < -0.4 is 10.6 Å².